The lowest BCUT2D eigenvalue weighted by Gasteiger charge is -2.25. The van der Waals surface area contributed by atoms with Crippen molar-refractivity contribution in [2.75, 3.05) is 6.61 Å². The molecule has 0 aromatic carbocycles. The summed E-state index contributed by atoms with van der Waals surface area (Å²) >= 11 is 0. The fraction of sp³-hybridized carbons (Fsp3) is 0.727. The van der Waals surface area contributed by atoms with Crippen molar-refractivity contribution in [2.45, 2.75) is 39.8 Å². The predicted octanol–water partition coefficient (Wildman–Crippen LogP) is 1.30. The predicted molar refractivity (Wildman–Crippen MR) is 60.4 cm³/mol. The first-order chi connectivity index (χ1) is 7.01. The summed E-state index contributed by atoms with van der Waals surface area (Å²) in [5.41, 5.74) is 0.226. The van der Waals surface area contributed by atoms with E-state index in [2.05, 4.69) is 36.1 Å². The van der Waals surface area contributed by atoms with Crippen LogP contribution in [0.1, 0.15) is 33.0 Å². The van der Waals surface area contributed by atoms with Crippen molar-refractivity contribution in [2.24, 2.45) is 5.41 Å². The van der Waals surface area contributed by atoms with Gasteiger partial charge in [-0.1, -0.05) is 20.8 Å². The number of H-pyrrole nitrogens is 1. The number of aromatic nitrogens is 2. The molecular formula is C11H21N3O. The highest BCUT2D eigenvalue weighted by atomic mass is 16.3. The standard InChI is InChI=1S/C11H21N3O/c1-11(2,3)6-9(8-15)14-7-10-12-4-5-13-10/h4-5,9,14-15H,6-8H2,1-3H3,(H,12,13). The number of hydrogen-bond acceptors (Lipinski definition) is 3. The van der Waals surface area contributed by atoms with E-state index in [1.807, 2.05) is 0 Å². The van der Waals surface area contributed by atoms with Crippen LogP contribution >= 0.6 is 0 Å². The van der Waals surface area contributed by atoms with Gasteiger partial charge in [-0.15, -0.1) is 0 Å². The van der Waals surface area contributed by atoms with Crippen molar-refractivity contribution in [3.05, 3.63) is 18.2 Å². The maximum absolute atomic E-state index is 9.22. The summed E-state index contributed by atoms with van der Waals surface area (Å²) in [6.07, 6.45) is 4.48. The highest BCUT2D eigenvalue weighted by molar-refractivity contribution is 4.87. The third kappa shape index (κ3) is 4.95. The molecule has 4 nitrogen and oxygen atoms in total. The first-order valence-electron chi connectivity index (χ1n) is 5.34. The molecule has 0 amide bonds. The summed E-state index contributed by atoms with van der Waals surface area (Å²) in [6.45, 7) is 7.35. The van der Waals surface area contributed by atoms with Crippen molar-refractivity contribution < 1.29 is 5.11 Å². The van der Waals surface area contributed by atoms with Gasteiger partial charge in [0, 0.05) is 18.4 Å². The summed E-state index contributed by atoms with van der Waals surface area (Å²) in [6, 6.07) is 0.134. The Balaban J connectivity index is 2.34. The van der Waals surface area contributed by atoms with E-state index in [9.17, 15) is 5.11 Å². The lowest BCUT2D eigenvalue weighted by Crippen LogP contribution is -2.35. The molecule has 86 valence electrons. The number of aliphatic hydroxyl groups excluding tert-OH is 1. The van der Waals surface area contributed by atoms with Gasteiger partial charge in [0.2, 0.25) is 0 Å². The van der Waals surface area contributed by atoms with Crippen molar-refractivity contribution in [1.29, 1.82) is 0 Å². The molecule has 4 heteroatoms. The van der Waals surface area contributed by atoms with Crippen LogP contribution in [0.25, 0.3) is 0 Å². The largest absolute Gasteiger partial charge is 0.395 e. The second-order valence-corrected chi connectivity index (χ2v) is 5.06. The quantitative estimate of drug-likeness (QED) is 0.688. The third-order valence-electron chi connectivity index (χ3n) is 2.19. The van der Waals surface area contributed by atoms with Crippen LogP contribution in [0.2, 0.25) is 0 Å². The normalized spacial score (nSPS) is 14.1. The van der Waals surface area contributed by atoms with Gasteiger partial charge in [0.1, 0.15) is 5.82 Å². The molecule has 0 aliphatic rings. The molecule has 0 spiro atoms. The number of rotatable bonds is 5. The molecule has 1 rings (SSSR count). The van der Waals surface area contributed by atoms with Gasteiger partial charge < -0.3 is 15.4 Å². The molecule has 0 aliphatic heterocycles. The van der Waals surface area contributed by atoms with Crippen LogP contribution in [0.4, 0.5) is 0 Å². The average Bonchev–Trinajstić information content (AvgIpc) is 2.62. The smallest absolute Gasteiger partial charge is 0.120 e. The molecule has 1 unspecified atom stereocenters. The van der Waals surface area contributed by atoms with Crippen LogP contribution in [-0.4, -0.2) is 27.7 Å². The Morgan fingerprint density at radius 2 is 2.27 bits per heavy atom. The van der Waals surface area contributed by atoms with E-state index in [1.165, 1.54) is 0 Å². The topological polar surface area (TPSA) is 60.9 Å². The zero-order valence-electron chi connectivity index (χ0n) is 9.75. The first-order valence-corrected chi connectivity index (χ1v) is 5.34. The van der Waals surface area contributed by atoms with E-state index >= 15 is 0 Å². The van der Waals surface area contributed by atoms with Gasteiger partial charge in [0.15, 0.2) is 0 Å². The monoisotopic (exact) mass is 211 g/mol. The molecule has 3 N–H and O–H groups in total. The SMILES string of the molecule is CC(C)(C)CC(CO)NCc1ncc[nH]1. The third-order valence-corrected chi connectivity index (χ3v) is 2.19. The van der Waals surface area contributed by atoms with Gasteiger partial charge in [-0.05, 0) is 11.8 Å². The van der Waals surface area contributed by atoms with Gasteiger partial charge in [-0.2, -0.15) is 0 Å². The lowest BCUT2D eigenvalue weighted by molar-refractivity contribution is 0.197. The van der Waals surface area contributed by atoms with E-state index < -0.39 is 0 Å². The number of aliphatic hydroxyl groups is 1. The number of nitrogens with zero attached hydrogens (tertiary/aromatic N) is 1. The summed E-state index contributed by atoms with van der Waals surface area (Å²) < 4.78 is 0. The molecule has 0 saturated carbocycles. The van der Waals surface area contributed by atoms with Crippen molar-refractivity contribution in [1.82, 2.24) is 15.3 Å². The minimum Gasteiger partial charge on any atom is -0.395 e. The molecule has 1 aromatic rings. The fourth-order valence-electron chi connectivity index (χ4n) is 1.58. The Kier molecular flexibility index (Phi) is 4.29. The van der Waals surface area contributed by atoms with Crippen LogP contribution in [0, 0.1) is 5.41 Å². The van der Waals surface area contributed by atoms with Gasteiger partial charge in [-0.25, -0.2) is 4.98 Å². The highest BCUT2D eigenvalue weighted by Crippen LogP contribution is 2.20. The second-order valence-electron chi connectivity index (χ2n) is 5.06. The van der Waals surface area contributed by atoms with Gasteiger partial charge >= 0.3 is 0 Å². The number of nitrogens with one attached hydrogen (secondary N) is 2. The van der Waals surface area contributed by atoms with E-state index in [0.717, 1.165) is 12.2 Å². The van der Waals surface area contributed by atoms with Crippen molar-refractivity contribution in [3.63, 3.8) is 0 Å². The van der Waals surface area contributed by atoms with Crippen LogP contribution in [0.5, 0.6) is 0 Å². The average molecular weight is 211 g/mol. The minimum absolute atomic E-state index is 0.134. The van der Waals surface area contributed by atoms with E-state index in [-0.39, 0.29) is 18.1 Å². The molecular weight excluding hydrogens is 190 g/mol. The molecule has 1 heterocycles. The maximum atomic E-state index is 9.22. The molecule has 1 aromatic heterocycles. The van der Waals surface area contributed by atoms with Crippen molar-refractivity contribution >= 4 is 0 Å². The van der Waals surface area contributed by atoms with Crippen LogP contribution < -0.4 is 5.32 Å². The molecule has 0 radical (unpaired) electrons. The van der Waals surface area contributed by atoms with Crippen LogP contribution in [0.15, 0.2) is 12.4 Å². The summed E-state index contributed by atoms with van der Waals surface area (Å²) in [5.74, 6) is 0.905. The number of imidazole rings is 1. The van der Waals surface area contributed by atoms with Gasteiger partial charge in [-0.3, -0.25) is 0 Å². The Labute approximate surface area is 91.1 Å². The molecule has 0 fully saturated rings. The fourth-order valence-corrected chi connectivity index (χ4v) is 1.58. The summed E-state index contributed by atoms with van der Waals surface area (Å²) in [7, 11) is 0. The van der Waals surface area contributed by atoms with Gasteiger partial charge in [0.05, 0.1) is 13.2 Å². The second kappa shape index (κ2) is 5.28. The van der Waals surface area contributed by atoms with Crippen LogP contribution in [-0.2, 0) is 6.54 Å². The molecule has 0 bridgehead atoms. The molecule has 0 saturated heterocycles. The van der Waals surface area contributed by atoms with Crippen molar-refractivity contribution in [3.8, 4) is 0 Å². The first kappa shape index (κ1) is 12.2. The van der Waals surface area contributed by atoms with E-state index in [0.29, 0.717) is 6.54 Å². The Hall–Kier alpha value is -0.870. The molecule has 0 aliphatic carbocycles. The zero-order valence-corrected chi connectivity index (χ0v) is 9.75. The minimum atomic E-state index is 0.134. The summed E-state index contributed by atoms with van der Waals surface area (Å²) in [4.78, 5) is 7.14. The lowest BCUT2D eigenvalue weighted by atomic mass is 9.88. The number of hydrogen-bond donors (Lipinski definition) is 3. The summed E-state index contributed by atoms with van der Waals surface area (Å²) in [5, 5.41) is 12.5. The molecule has 1 atom stereocenters. The van der Waals surface area contributed by atoms with E-state index in [1.54, 1.807) is 12.4 Å². The Bertz CT molecular complexity index is 264. The Morgan fingerprint density at radius 1 is 1.53 bits per heavy atom. The van der Waals surface area contributed by atoms with Gasteiger partial charge in [0.25, 0.3) is 0 Å². The zero-order chi connectivity index (χ0) is 11.3. The van der Waals surface area contributed by atoms with Crippen LogP contribution in [0.3, 0.4) is 0 Å². The molecule has 15 heavy (non-hydrogen) atoms. The maximum Gasteiger partial charge on any atom is 0.120 e. The highest BCUT2D eigenvalue weighted by Gasteiger charge is 2.17. The number of aromatic amines is 1. The van der Waals surface area contributed by atoms with E-state index in [4.69, 9.17) is 0 Å². The Morgan fingerprint density at radius 3 is 2.73 bits per heavy atom.